The van der Waals surface area contributed by atoms with Crippen LogP contribution in [0.1, 0.15) is 20.8 Å². The van der Waals surface area contributed by atoms with Crippen molar-refractivity contribution in [2.45, 2.75) is 20.8 Å². The lowest BCUT2D eigenvalue weighted by Crippen LogP contribution is -2.30. The van der Waals surface area contributed by atoms with E-state index in [4.69, 9.17) is 5.26 Å². The molecule has 0 aliphatic carbocycles. The molecule has 0 amide bonds. The Hall–Kier alpha value is -0.990. The Labute approximate surface area is 75.2 Å². The van der Waals surface area contributed by atoms with E-state index in [0.717, 1.165) is 13.1 Å². The Balaban J connectivity index is 3.91. The van der Waals surface area contributed by atoms with Crippen LogP contribution in [-0.2, 0) is 0 Å². The lowest BCUT2D eigenvalue weighted by atomic mass is 9.95. The molecular formula is C10H16N2. The summed E-state index contributed by atoms with van der Waals surface area (Å²) in [5, 5.41) is 8.76. The van der Waals surface area contributed by atoms with Gasteiger partial charge in [0, 0.05) is 6.54 Å². The summed E-state index contributed by atoms with van der Waals surface area (Å²) >= 11 is 0. The second-order valence-electron chi connectivity index (χ2n) is 3.59. The number of rotatable bonds is 3. The first-order valence-corrected chi connectivity index (χ1v) is 4.01. The SMILES string of the molecule is CC#CCN(C)CC(C)(C)C#N. The van der Waals surface area contributed by atoms with E-state index in [1.54, 1.807) is 0 Å². The number of hydrogen-bond donors (Lipinski definition) is 0. The summed E-state index contributed by atoms with van der Waals surface area (Å²) in [6, 6.07) is 2.26. The zero-order valence-corrected chi connectivity index (χ0v) is 8.31. The number of nitriles is 1. The molecule has 0 bridgehead atoms. The quantitative estimate of drug-likeness (QED) is 0.591. The molecule has 0 spiro atoms. The van der Waals surface area contributed by atoms with Crippen LogP contribution in [0.4, 0.5) is 0 Å². The van der Waals surface area contributed by atoms with Crippen LogP contribution in [0.2, 0.25) is 0 Å². The summed E-state index contributed by atoms with van der Waals surface area (Å²) in [5.41, 5.74) is -0.274. The van der Waals surface area contributed by atoms with Gasteiger partial charge in [-0.3, -0.25) is 4.90 Å². The molecule has 0 unspecified atom stereocenters. The summed E-state index contributed by atoms with van der Waals surface area (Å²) in [7, 11) is 1.98. The van der Waals surface area contributed by atoms with E-state index in [0.29, 0.717) is 0 Å². The molecule has 0 heterocycles. The monoisotopic (exact) mass is 164 g/mol. The lowest BCUT2D eigenvalue weighted by Gasteiger charge is -2.22. The molecule has 0 aromatic rings. The molecule has 0 saturated heterocycles. The Bertz CT molecular complexity index is 224. The third-order valence-corrected chi connectivity index (χ3v) is 1.49. The lowest BCUT2D eigenvalue weighted by molar-refractivity contribution is 0.280. The molecule has 0 aromatic carbocycles. The molecule has 2 heteroatoms. The van der Waals surface area contributed by atoms with Crippen molar-refractivity contribution in [3.8, 4) is 17.9 Å². The first kappa shape index (κ1) is 11.0. The average molecular weight is 164 g/mol. The minimum Gasteiger partial charge on any atom is -0.294 e. The molecule has 0 rings (SSSR count). The van der Waals surface area contributed by atoms with Crippen molar-refractivity contribution in [1.29, 1.82) is 5.26 Å². The van der Waals surface area contributed by atoms with E-state index >= 15 is 0 Å². The molecule has 0 aromatic heterocycles. The Morgan fingerprint density at radius 1 is 1.42 bits per heavy atom. The molecule has 0 fully saturated rings. The molecule has 0 saturated carbocycles. The van der Waals surface area contributed by atoms with Gasteiger partial charge in [-0.1, -0.05) is 5.92 Å². The van der Waals surface area contributed by atoms with Gasteiger partial charge in [0.1, 0.15) is 0 Å². The van der Waals surface area contributed by atoms with Gasteiger partial charge in [-0.05, 0) is 27.8 Å². The van der Waals surface area contributed by atoms with Crippen molar-refractivity contribution >= 4 is 0 Å². The van der Waals surface area contributed by atoms with Crippen LogP contribution in [0, 0.1) is 28.6 Å². The van der Waals surface area contributed by atoms with Crippen LogP contribution >= 0.6 is 0 Å². The minimum absolute atomic E-state index is 0.274. The van der Waals surface area contributed by atoms with E-state index in [1.807, 2.05) is 27.8 Å². The van der Waals surface area contributed by atoms with E-state index < -0.39 is 0 Å². The highest BCUT2D eigenvalue weighted by Crippen LogP contribution is 2.13. The molecule has 0 N–H and O–H groups in total. The van der Waals surface area contributed by atoms with Gasteiger partial charge >= 0.3 is 0 Å². The van der Waals surface area contributed by atoms with Gasteiger partial charge in [-0.2, -0.15) is 5.26 Å². The van der Waals surface area contributed by atoms with Crippen LogP contribution in [-0.4, -0.2) is 25.0 Å². The first-order valence-electron chi connectivity index (χ1n) is 4.01. The summed E-state index contributed by atoms with van der Waals surface area (Å²) in [6.45, 7) is 7.19. The van der Waals surface area contributed by atoms with Gasteiger partial charge < -0.3 is 0 Å². The first-order chi connectivity index (χ1) is 5.52. The zero-order chi connectivity index (χ0) is 9.61. The Kier molecular flexibility index (Phi) is 4.40. The highest BCUT2D eigenvalue weighted by Gasteiger charge is 2.18. The molecule has 12 heavy (non-hydrogen) atoms. The second kappa shape index (κ2) is 4.80. The molecule has 2 nitrogen and oxygen atoms in total. The van der Waals surface area contributed by atoms with Crippen LogP contribution in [0.3, 0.4) is 0 Å². The predicted molar refractivity (Wildman–Crippen MR) is 50.3 cm³/mol. The zero-order valence-electron chi connectivity index (χ0n) is 8.31. The van der Waals surface area contributed by atoms with E-state index in [1.165, 1.54) is 0 Å². The molecular weight excluding hydrogens is 148 g/mol. The van der Waals surface area contributed by atoms with E-state index in [9.17, 15) is 0 Å². The highest BCUT2D eigenvalue weighted by molar-refractivity contribution is 4.99. The van der Waals surface area contributed by atoms with Gasteiger partial charge in [-0.25, -0.2) is 0 Å². The molecule has 0 aliphatic heterocycles. The average Bonchev–Trinajstić information content (AvgIpc) is 2.00. The van der Waals surface area contributed by atoms with Gasteiger partial charge in [0.2, 0.25) is 0 Å². The number of nitrogens with zero attached hydrogens (tertiary/aromatic N) is 2. The fraction of sp³-hybridized carbons (Fsp3) is 0.700. The molecule has 0 atom stereocenters. The maximum absolute atomic E-state index is 8.76. The molecule has 0 radical (unpaired) electrons. The summed E-state index contributed by atoms with van der Waals surface area (Å²) < 4.78 is 0. The Morgan fingerprint density at radius 3 is 2.42 bits per heavy atom. The maximum Gasteiger partial charge on any atom is 0.0697 e. The van der Waals surface area contributed by atoms with Crippen molar-refractivity contribution in [3.05, 3.63) is 0 Å². The van der Waals surface area contributed by atoms with Crippen LogP contribution in [0.5, 0.6) is 0 Å². The normalized spacial score (nSPS) is 10.3. The van der Waals surface area contributed by atoms with E-state index in [2.05, 4.69) is 22.8 Å². The third kappa shape index (κ3) is 4.77. The maximum atomic E-state index is 8.76. The molecule has 0 aliphatic rings. The molecule has 66 valence electrons. The largest absolute Gasteiger partial charge is 0.294 e. The number of hydrogen-bond acceptors (Lipinski definition) is 2. The smallest absolute Gasteiger partial charge is 0.0697 e. The highest BCUT2D eigenvalue weighted by atomic mass is 15.1. The van der Waals surface area contributed by atoms with Crippen molar-refractivity contribution in [1.82, 2.24) is 4.90 Å². The van der Waals surface area contributed by atoms with Crippen molar-refractivity contribution in [3.63, 3.8) is 0 Å². The van der Waals surface area contributed by atoms with Gasteiger partial charge in [0.15, 0.2) is 0 Å². The standard InChI is InChI=1S/C10H16N2/c1-5-6-7-12(4)9-10(2,3)8-11/h7,9H2,1-4H3. The summed E-state index contributed by atoms with van der Waals surface area (Å²) in [5.74, 6) is 5.79. The van der Waals surface area contributed by atoms with Gasteiger partial charge in [0.25, 0.3) is 0 Å². The van der Waals surface area contributed by atoms with E-state index in [-0.39, 0.29) is 5.41 Å². The van der Waals surface area contributed by atoms with Crippen LogP contribution < -0.4 is 0 Å². The van der Waals surface area contributed by atoms with Crippen molar-refractivity contribution in [2.24, 2.45) is 5.41 Å². The topological polar surface area (TPSA) is 27.0 Å². The second-order valence-corrected chi connectivity index (χ2v) is 3.59. The van der Waals surface area contributed by atoms with Gasteiger partial charge in [-0.15, -0.1) is 5.92 Å². The Morgan fingerprint density at radius 2 is 2.00 bits per heavy atom. The fourth-order valence-electron chi connectivity index (χ4n) is 0.980. The van der Waals surface area contributed by atoms with Crippen molar-refractivity contribution in [2.75, 3.05) is 20.1 Å². The summed E-state index contributed by atoms with van der Waals surface area (Å²) in [6.07, 6.45) is 0. The van der Waals surface area contributed by atoms with Crippen LogP contribution in [0.15, 0.2) is 0 Å². The fourth-order valence-corrected chi connectivity index (χ4v) is 0.980. The predicted octanol–water partition coefficient (Wildman–Crippen LogP) is 1.49. The summed E-state index contributed by atoms with van der Waals surface area (Å²) in [4.78, 5) is 2.06. The van der Waals surface area contributed by atoms with Gasteiger partial charge in [0.05, 0.1) is 18.0 Å². The van der Waals surface area contributed by atoms with Crippen LogP contribution in [0.25, 0.3) is 0 Å². The minimum atomic E-state index is -0.274. The van der Waals surface area contributed by atoms with Crippen molar-refractivity contribution < 1.29 is 0 Å². The third-order valence-electron chi connectivity index (χ3n) is 1.49.